The third-order valence-electron chi connectivity index (χ3n) is 4.08. The topological polar surface area (TPSA) is 30.5 Å². The van der Waals surface area contributed by atoms with E-state index in [1.165, 1.54) is 44.1 Å². The summed E-state index contributed by atoms with van der Waals surface area (Å²) in [5, 5.41) is 3.54. The molecular formula is C17H25NO2. The first-order valence-corrected chi connectivity index (χ1v) is 8.01. The Morgan fingerprint density at radius 2 is 1.90 bits per heavy atom. The van der Waals surface area contributed by atoms with Crippen LogP contribution in [-0.4, -0.2) is 18.8 Å². The summed E-state index contributed by atoms with van der Waals surface area (Å²) >= 11 is 0. The Morgan fingerprint density at radius 1 is 1.10 bits per heavy atom. The summed E-state index contributed by atoms with van der Waals surface area (Å²) in [6.07, 6.45) is 7.95. The zero-order valence-corrected chi connectivity index (χ0v) is 12.4. The Labute approximate surface area is 121 Å². The third kappa shape index (κ3) is 3.66. The zero-order chi connectivity index (χ0) is 13.8. The van der Waals surface area contributed by atoms with Gasteiger partial charge in [0.15, 0.2) is 11.5 Å². The van der Waals surface area contributed by atoms with Crippen molar-refractivity contribution < 1.29 is 9.47 Å². The maximum absolute atomic E-state index is 6.11. The summed E-state index contributed by atoms with van der Waals surface area (Å²) in [6.45, 7) is 3.63. The predicted octanol–water partition coefficient (Wildman–Crippen LogP) is 3.66. The lowest BCUT2D eigenvalue weighted by Crippen LogP contribution is -2.16. The van der Waals surface area contributed by atoms with Crippen LogP contribution in [0.3, 0.4) is 0 Å². The van der Waals surface area contributed by atoms with Gasteiger partial charge in [-0.05, 0) is 63.1 Å². The second-order valence-corrected chi connectivity index (χ2v) is 5.89. The zero-order valence-electron chi connectivity index (χ0n) is 12.4. The number of nitrogens with one attached hydrogen (secondary N) is 1. The Hall–Kier alpha value is -1.22. The molecule has 3 nitrogen and oxygen atoms in total. The molecule has 0 aromatic heterocycles. The number of ether oxygens (including phenoxy) is 2. The smallest absolute Gasteiger partial charge is 0.161 e. The van der Waals surface area contributed by atoms with Gasteiger partial charge in [0.05, 0.1) is 12.7 Å². The highest BCUT2D eigenvalue weighted by Crippen LogP contribution is 2.33. The first-order valence-electron chi connectivity index (χ1n) is 8.01. The standard InChI is InChI=1S/C17H25NO2/c1-2-19-17-11-13(12-18-14-8-9-14)7-10-16(17)20-15-5-3-4-6-15/h7,10-11,14-15,18H,2-6,8-9,12H2,1H3. The molecule has 3 heteroatoms. The van der Waals surface area contributed by atoms with Crippen LogP contribution in [0.1, 0.15) is 51.0 Å². The quantitative estimate of drug-likeness (QED) is 0.823. The van der Waals surface area contributed by atoms with Crippen molar-refractivity contribution in [1.82, 2.24) is 5.32 Å². The lowest BCUT2D eigenvalue weighted by molar-refractivity contribution is 0.196. The van der Waals surface area contributed by atoms with Gasteiger partial charge >= 0.3 is 0 Å². The fourth-order valence-corrected chi connectivity index (χ4v) is 2.76. The van der Waals surface area contributed by atoms with E-state index in [4.69, 9.17) is 9.47 Å². The van der Waals surface area contributed by atoms with Gasteiger partial charge in [-0.3, -0.25) is 0 Å². The van der Waals surface area contributed by atoms with Gasteiger partial charge in [0.2, 0.25) is 0 Å². The lowest BCUT2D eigenvalue weighted by Gasteiger charge is -2.17. The minimum atomic E-state index is 0.379. The molecule has 0 bridgehead atoms. The van der Waals surface area contributed by atoms with Crippen molar-refractivity contribution in [3.63, 3.8) is 0 Å². The van der Waals surface area contributed by atoms with Gasteiger partial charge in [-0.25, -0.2) is 0 Å². The van der Waals surface area contributed by atoms with E-state index in [1.54, 1.807) is 0 Å². The Bertz CT molecular complexity index is 437. The monoisotopic (exact) mass is 275 g/mol. The second kappa shape index (κ2) is 6.49. The SMILES string of the molecule is CCOc1cc(CNC2CC2)ccc1OC1CCCC1. The molecule has 1 aromatic rings. The molecule has 2 saturated carbocycles. The lowest BCUT2D eigenvalue weighted by atomic mass is 10.2. The average molecular weight is 275 g/mol. The van der Waals surface area contributed by atoms with E-state index >= 15 is 0 Å². The van der Waals surface area contributed by atoms with Gasteiger partial charge in [-0.1, -0.05) is 6.07 Å². The minimum absolute atomic E-state index is 0.379. The van der Waals surface area contributed by atoms with E-state index in [0.717, 1.165) is 24.1 Å². The van der Waals surface area contributed by atoms with E-state index in [9.17, 15) is 0 Å². The van der Waals surface area contributed by atoms with Crippen LogP contribution in [0.5, 0.6) is 11.5 Å². The molecule has 0 saturated heterocycles. The molecule has 0 spiro atoms. The van der Waals surface area contributed by atoms with Crippen LogP contribution in [0.25, 0.3) is 0 Å². The normalized spacial score (nSPS) is 19.2. The van der Waals surface area contributed by atoms with Crippen molar-refractivity contribution in [3.8, 4) is 11.5 Å². The summed E-state index contributed by atoms with van der Waals surface area (Å²) in [5.41, 5.74) is 1.28. The molecule has 1 aromatic carbocycles. The second-order valence-electron chi connectivity index (χ2n) is 5.89. The summed E-state index contributed by atoms with van der Waals surface area (Å²) in [4.78, 5) is 0. The Morgan fingerprint density at radius 3 is 2.60 bits per heavy atom. The minimum Gasteiger partial charge on any atom is -0.490 e. The molecule has 2 aliphatic carbocycles. The van der Waals surface area contributed by atoms with Gasteiger partial charge in [0.1, 0.15) is 0 Å². The van der Waals surface area contributed by atoms with Gasteiger partial charge < -0.3 is 14.8 Å². The summed E-state index contributed by atoms with van der Waals surface area (Å²) < 4.78 is 11.9. The number of rotatable bonds is 7. The van der Waals surface area contributed by atoms with Crippen LogP contribution in [0, 0.1) is 0 Å². The van der Waals surface area contributed by atoms with Gasteiger partial charge in [-0.2, -0.15) is 0 Å². The van der Waals surface area contributed by atoms with E-state index in [1.807, 2.05) is 6.92 Å². The van der Waals surface area contributed by atoms with E-state index < -0.39 is 0 Å². The Kier molecular flexibility index (Phi) is 4.46. The molecule has 110 valence electrons. The maximum Gasteiger partial charge on any atom is 0.161 e. The molecule has 0 amide bonds. The highest BCUT2D eigenvalue weighted by Gasteiger charge is 2.21. The van der Waals surface area contributed by atoms with Crippen LogP contribution in [0.4, 0.5) is 0 Å². The fraction of sp³-hybridized carbons (Fsp3) is 0.647. The molecule has 3 rings (SSSR count). The van der Waals surface area contributed by atoms with Crippen molar-refractivity contribution in [3.05, 3.63) is 23.8 Å². The molecule has 20 heavy (non-hydrogen) atoms. The van der Waals surface area contributed by atoms with E-state index in [2.05, 4.69) is 23.5 Å². The third-order valence-corrected chi connectivity index (χ3v) is 4.08. The number of benzene rings is 1. The maximum atomic E-state index is 6.11. The molecule has 0 radical (unpaired) electrons. The first kappa shape index (κ1) is 13.7. The van der Waals surface area contributed by atoms with Crippen molar-refractivity contribution in [2.45, 2.75) is 64.1 Å². The van der Waals surface area contributed by atoms with Crippen molar-refractivity contribution >= 4 is 0 Å². The van der Waals surface area contributed by atoms with E-state index in [0.29, 0.717) is 12.7 Å². The molecule has 0 atom stereocenters. The Balaban J connectivity index is 1.66. The van der Waals surface area contributed by atoms with Crippen LogP contribution < -0.4 is 14.8 Å². The van der Waals surface area contributed by atoms with Crippen molar-refractivity contribution in [1.29, 1.82) is 0 Å². The molecular weight excluding hydrogens is 250 g/mol. The molecule has 2 aliphatic rings. The molecule has 0 aliphatic heterocycles. The number of hydrogen-bond donors (Lipinski definition) is 1. The first-order chi connectivity index (χ1) is 9.85. The predicted molar refractivity (Wildman–Crippen MR) is 80.4 cm³/mol. The van der Waals surface area contributed by atoms with Gasteiger partial charge in [0.25, 0.3) is 0 Å². The largest absolute Gasteiger partial charge is 0.490 e. The average Bonchev–Trinajstić information content (AvgIpc) is 3.15. The molecule has 0 heterocycles. The summed E-state index contributed by atoms with van der Waals surface area (Å²) in [6, 6.07) is 7.10. The molecule has 1 N–H and O–H groups in total. The van der Waals surface area contributed by atoms with Crippen LogP contribution >= 0.6 is 0 Å². The molecule has 0 unspecified atom stereocenters. The van der Waals surface area contributed by atoms with Crippen molar-refractivity contribution in [2.24, 2.45) is 0 Å². The van der Waals surface area contributed by atoms with Crippen LogP contribution in [0.2, 0.25) is 0 Å². The van der Waals surface area contributed by atoms with E-state index in [-0.39, 0.29) is 0 Å². The fourth-order valence-electron chi connectivity index (χ4n) is 2.76. The highest BCUT2D eigenvalue weighted by atomic mass is 16.5. The molecule has 2 fully saturated rings. The highest BCUT2D eigenvalue weighted by molar-refractivity contribution is 5.43. The van der Waals surface area contributed by atoms with Crippen LogP contribution in [-0.2, 0) is 6.54 Å². The van der Waals surface area contributed by atoms with Crippen molar-refractivity contribution in [2.75, 3.05) is 6.61 Å². The van der Waals surface area contributed by atoms with Gasteiger partial charge in [0, 0.05) is 12.6 Å². The summed E-state index contributed by atoms with van der Waals surface area (Å²) in [5.74, 6) is 1.81. The summed E-state index contributed by atoms with van der Waals surface area (Å²) in [7, 11) is 0. The van der Waals surface area contributed by atoms with Gasteiger partial charge in [-0.15, -0.1) is 0 Å². The number of hydrogen-bond acceptors (Lipinski definition) is 3. The van der Waals surface area contributed by atoms with Crippen LogP contribution in [0.15, 0.2) is 18.2 Å².